The summed E-state index contributed by atoms with van der Waals surface area (Å²) in [6.45, 7) is 0. The first-order valence-electron chi connectivity index (χ1n) is 2.32. The highest BCUT2D eigenvalue weighted by Crippen LogP contribution is 1.82. The van der Waals surface area contributed by atoms with Crippen molar-refractivity contribution in [3.05, 3.63) is 0 Å². The zero-order chi connectivity index (χ0) is 7.28. The summed E-state index contributed by atoms with van der Waals surface area (Å²) in [4.78, 5) is 9.94. The molecule has 0 heterocycles. The molecule has 0 saturated heterocycles. The maximum atomic E-state index is 9.94. The Morgan fingerprint density at radius 1 is 1.89 bits per heavy atom. The third-order valence-electron chi connectivity index (χ3n) is 0.758. The fourth-order valence-corrected chi connectivity index (χ4v) is 0.262. The van der Waals surface area contributed by atoms with E-state index in [4.69, 9.17) is 16.0 Å². The summed E-state index contributed by atoms with van der Waals surface area (Å²) in [6.07, 6.45) is 1.09. The van der Waals surface area contributed by atoms with Crippen molar-refractivity contribution in [1.82, 2.24) is 0 Å². The standard InChI is InChI=1S/C4H8N2O3/c5-3(4(7)8)1-2-6-9/h2-3,9H,1,5H2,(H,7,8). The molecule has 0 bridgehead atoms. The first-order valence-corrected chi connectivity index (χ1v) is 2.32. The van der Waals surface area contributed by atoms with Crippen LogP contribution in [0.2, 0.25) is 0 Å². The van der Waals surface area contributed by atoms with Gasteiger partial charge in [0, 0.05) is 12.6 Å². The summed E-state index contributed by atoms with van der Waals surface area (Å²) < 4.78 is 0. The van der Waals surface area contributed by atoms with E-state index in [1.807, 2.05) is 0 Å². The fraction of sp³-hybridized carbons (Fsp3) is 0.500. The van der Waals surface area contributed by atoms with E-state index in [1.54, 1.807) is 0 Å². The number of carboxylic acids is 1. The van der Waals surface area contributed by atoms with E-state index in [0.717, 1.165) is 6.21 Å². The number of rotatable bonds is 3. The minimum absolute atomic E-state index is 0.0475. The molecule has 1 atom stereocenters. The Bertz CT molecular complexity index is 123. The van der Waals surface area contributed by atoms with E-state index in [-0.39, 0.29) is 6.42 Å². The van der Waals surface area contributed by atoms with Gasteiger partial charge >= 0.3 is 5.97 Å². The van der Waals surface area contributed by atoms with Crippen molar-refractivity contribution >= 4 is 12.2 Å². The molecule has 0 amide bonds. The lowest BCUT2D eigenvalue weighted by molar-refractivity contribution is -0.138. The second-order valence-corrected chi connectivity index (χ2v) is 1.48. The lowest BCUT2D eigenvalue weighted by atomic mass is 10.2. The maximum Gasteiger partial charge on any atom is 0.320 e. The first-order chi connectivity index (χ1) is 4.18. The Morgan fingerprint density at radius 2 is 2.44 bits per heavy atom. The van der Waals surface area contributed by atoms with Crippen LogP contribution in [0, 0.1) is 0 Å². The highest BCUT2D eigenvalue weighted by molar-refractivity contribution is 5.77. The molecule has 52 valence electrons. The van der Waals surface area contributed by atoms with E-state index in [2.05, 4.69) is 5.16 Å². The fourth-order valence-electron chi connectivity index (χ4n) is 0.262. The molecular formula is C4H8N2O3. The molecule has 5 nitrogen and oxygen atoms in total. The van der Waals surface area contributed by atoms with Crippen LogP contribution < -0.4 is 5.73 Å². The number of aliphatic carboxylic acids is 1. The zero-order valence-electron chi connectivity index (χ0n) is 4.69. The Kier molecular flexibility index (Phi) is 3.38. The number of oxime groups is 1. The molecule has 0 saturated carbocycles. The average molecular weight is 132 g/mol. The van der Waals surface area contributed by atoms with Crippen molar-refractivity contribution in [2.75, 3.05) is 0 Å². The maximum absolute atomic E-state index is 9.94. The van der Waals surface area contributed by atoms with Crippen LogP contribution in [0.15, 0.2) is 5.16 Å². The lowest BCUT2D eigenvalue weighted by Gasteiger charge is -1.97. The second kappa shape index (κ2) is 3.85. The van der Waals surface area contributed by atoms with Crippen LogP contribution in [0.5, 0.6) is 0 Å². The lowest BCUT2D eigenvalue weighted by Crippen LogP contribution is -2.30. The van der Waals surface area contributed by atoms with Crippen molar-refractivity contribution in [1.29, 1.82) is 0 Å². The summed E-state index contributed by atoms with van der Waals surface area (Å²) in [7, 11) is 0. The van der Waals surface area contributed by atoms with Crippen molar-refractivity contribution < 1.29 is 15.1 Å². The Balaban J connectivity index is 3.50. The van der Waals surface area contributed by atoms with Gasteiger partial charge in [0.1, 0.15) is 6.04 Å². The molecule has 9 heavy (non-hydrogen) atoms. The van der Waals surface area contributed by atoms with Crippen molar-refractivity contribution in [3.63, 3.8) is 0 Å². The highest BCUT2D eigenvalue weighted by atomic mass is 16.4. The van der Waals surface area contributed by atoms with Crippen LogP contribution in [0.1, 0.15) is 6.42 Å². The minimum atomic E-state index is -1.10. The van der Waals surface area contributed by atoms with Gasteiger partial charge in [0.15, 0.2) is 0 Å². The molecule has 5 heteroatoms. The summed E-state index contributed by atoms with van der Waals surface area (Å²) in [6, 6.07) is -0.971. The van der Waals surface area contributed by atoms with E-state index in [1.165, 1.54) is 0 Å². The van der Waals surface area contributed by atoms with Crippen LogP contribution in [0.3, 0.4) is 0 Å². The quantitative estimate of drug-likeness (QED) is 0.267. The van der Waals surface area contributed by atoms with Gasteiger partial charge in [0.25, 0.3) is 0 Å². The third-order valence-corrected chi connectivity index (χ3v) is 0.758. The molecule has 0 aromatic carbocycles. The van der Waals surface area contributed by atoms with E-state index in [0.29, 0.717) is 0 Å². The molecule has 0 radical (unpaired) electrons. The van der Waals surface area contributed by atoms with E-state index in [9.17, 15) is 4.79 Å². The number of carbonyl (C=O) groups is 1. The molecule has 0 aliphatic heterocycles. The summed E-state index contributed by atoms with van der Waals surface area (Å²) in [5, 5.41) is 18.5. The van der Waals surface area contributed by atoms with Gasteiger partial charge in [0.05, 0.1) is 0 Å². The molecule has 0 rings (SSSR count). The molecule has 0 aromatic rings. The van der Waals surface area contributed by atoms with Gasteiger partial charge in [-0.25, -0.2) is 0 Å². The smallest absolute Gasteiger partial charge is 0.320 e. The summed E-state index contributed by atoms with van der Waals surface area (Å²) in [5.41, 5.74) is 5.00. The monoisotopic (exact) mass is 132 g/mol. The van der Waals surface area contributed by atoms with Crippen molar-refractivity contribution in [3.8, 4) is 0 Å². The number of nitrogens with two attached hydrogens (primary N) is 1. The Morgan fingerprint density at radius 3 is 2.78 bits per heavy atom. The number of nitrogens with zero attached hydrogens (tertiary/aromatic N) is 1. The van der Waals surface area contributed by atoms with Gasteiger partial charge in [-0.05, 0) is 0 Å². The molecule has 1 unspecified atom stereocenters. The van der Waals surface area contributed by atoms with Gasteiger partial charge in [-0.1, -0.05) is 0 Å². The van der Waals surface area contributed by atoms with Crippen LogP contribution in [-0.4, -0.2) is 28.5 Å². The summed E-state index contributed by atoms with van der Waals surface area (Å²) >= 11 is 0. The van der Waals surface area contributed by atoms with E-state index >= 15 is 0 Å². The predicted octanol–water partition coefficient (Wildman–Crippen LogP) is -0.752. The highest BCUT2D eigenvalue weighted by Gasteiger charge is 2.08. The topological polar surface area (TPSA) is 95.9 Å². The average Bonchev–Trinajstić information content (AvgIpc) is 1.82. The van der Waals surface area contributed by atoms with Crippen LogP contribution in [-0.2, 0) is 4.79 Å². The van der Waals surface area contributed by atoms with Gasteiger partial charge in [-0.3, -0.25) is 4.79 Å². The van der Waals surface area contributed by atoms with E-state index < -0.39 is 12.0 Å². The normalized spacial score (nSPS) is 13.9. The molecule has 0 fully saturated rings. The number of carboxylic acid groups (broad SMARTS) is 1. The van der Waals surface area contributed by atoms with Gasteiger partial charge in [-0.2, -0.15) is 0 Å². The Labute approximate surface area is 51.8 Å². The number of hydrogen-bond donors (Lipinski definition) is 3. The van der Waals surface area contributed by atoms with Crippen LogP contribution in [0.4, 0.5) is 0 Å². The molecule has 0 spiro atoms. The molecule has 0 aromatic heterocycles. The van der Waals surface area contributed by atoms with Gasteiger partial charge < -0.3 is 16.0 Å². The first kappa shape index (κ1) is 7.90. The predicted molar refractivity (Wildman–Crippen MR) is 30.5 cm³/mol. The van der Waals surface area contributed by atoms with Crippen molar-refractivity contribution in [2.24, 2.45) is 10.9 Å². The minimum Gasteiger partial charge on any atom is -0.480 e. The summed E-state index contributed by atoms with van der Waals surface area (Å²) in [5.74, 6) is -1.10. The zero-order valence-corrected chi connectivity index (χ0v) is 4.69. The van der Waals surface area contributed by atoms with Crippen LogP contribution in [0.25, 0.3) is 0 Å². The van der Waals surface area contributed by atoms with Gasteiger partial charge in [-0.15, -0.1) is 5.16 Å². The molecule has 0 aliphatic carbocycles. The van der Waals surface area contributed by atoms with Crippen molar-refractivity contribution in [2.45, 2.75) is 12.5 Å². The second-order valence-electron chi connectivity index (χ2n) is 1.48. The van der Waals surface area contributed by atoms with Gasteiger partial charge in [0.2, 0.25) is 0 Å². The SMILES string of the molecule is NC(CC=NO)C(=O)O. The molecule has 4 N–H and O–H groups in total. The molecular weight excluding hydrogens is 124 g/mol. The largest absolute Gasteiger partial charge is 0.480 e. The Hall–Kier alpha value is -1.10. The molecule has 0 aliphatic rings. The number of hydrogen-bond acceptors (Lipinski definition) is 4. The third kappa shape index (κ3) is 3.48. The van der Waals surface area contributed by atoms with Crippen LogP contribution >= 0.6 is 0 Å².